The molecule has 0 aromatic carbocycles. The van der Waals surface area contributed by atoms with Crippen molar-refractivity contribution in [3.63, 3.8) is 0 Å². The average molecular weight is 308 g/mol. The number of H-pyrrole nitrogens is 1. The fourth-order valence-electron chi connectivity index (χ4n) is 2.51. The molecule has 22 heavy (non-hydrogen) atoms. The summed E-state index contributed by atoms with van der Waals surface area (Å²) in [6.07, 6.45) is 1.16. The number of ketones is 1. The number of esters is 1. The van der Waals surface area contributed by atoms with Crippen molar-refractivity contribution in [2.45, 2.75) is 40.5 Å². The van der Waals surface area contributed by atoms with Gasteiger partial charge in [-0.2, -0.15) is 0 Å². The van der Waals surface area contributed by atoms with Gasteiger partial charge in [0, 0.05) is 24.2 Å². The van der Waals surface area contributed by atoms with E-state index >= 15 is 0 Å². The van der Waals surface area contributed by atoms with Crippen molar-refractivity contribution in [2.24, 2.45) is 0 Å². The van der Waals surface area contributed by atoms with E-state index in [9.17, 15) is 14.4 Å². The van der Waals surface area contributed by atoms with Gasteiger partial charge < -0.3 is 14.6 Å². The lowest BCUT2D eigenvalue weighted by Crippen LogP contribution is -2.36. The highest BCUT2D eigenvalue weighted by atomic mass is 16.5. The average Bonchev–Trinajstić information content (AvgIpc) is 2.80. The first-order valence-electron chi connectivity index (χ1n) is 7.45. The van der Waals surface area contributed by atoms with Crippen molar-refractivity contribution < 1.29 is 19.1 Å². The Labute approximate surface area is 130 Å². The van der Waals surface area contributed by atoms with Gasteiger partial charge in [0.15, 0.2) is 5.78 Å². The Hall–Kier alpha value is -2.11. The van der Waals surface area contributed by atoms with Crippen LogP contribution >= 0.6 is 0 Å². The molecule has 6 nitrogen and oxygen atoms in total. The van der Waals surface area contributed by atoms with Gasteiger partial charge in [-0.05, 0) is 25.8 Å². The van der Waals surface area contributed by atoms with Crippen molar-refractivity contribution in [1.82, 2.24) is 9.88 Å². The number of amides is 1. The summed E-state index contributed by atoms with van der Waals surface area (Å²) in [4.78, 5) is 40.6. The molecule has 0 saturated carbocycles. The van der Waals surface area contributed by atoms with E-state index in [1.807, 2.05) is 6.92 Å². The fraction of sp³-hybridized carbons (Fsp3) is 0.562. The molecule has 0 aliphatic carbocycles. The highest BCUT2D eigenvalue weighted by Gasteiger charge is 2.24. The Morgan fingerprint density at radius 1 is 1.18 bits per heavy atom. The number of methoxy groups -OCH3 is 1. The van der Waals surface area contributed by atoms with Crippen LogP contribution in [-0.4, -0.2) is 47.7 Å². The molecule has 1 rings (SSSR count). The van der Waals surface area contributed by atoms with E-state index in [1.165, 1.54) is 7.11 Å². The third kappa shape index (κ3) is 3.75. The zero-order valence-electron chi connectivity index (χ0n) is 13.9. The minimum absolute atomic E-state index is 0.0284. The smallest absolute Gasteiger partial charge is 0.354 e. The molecule has 0 atom stereocenters. The zero-order chi connectivity index (χ0) is 16.9. The lowest BCUT2D eigenvalue weighted by atomic mass is 10.0. The van der Waals surface area contributed by atoms with Gasteiger partial charge in [0.2, 0.25) is 5.91 Å². The van der Waals surface area contributed by atoms with Gasteiger partial charge in [-0.3, -0.25) is 9.59 Å². The third-order valence-electron chi connectivity index (χ3n) is 3.59. The second-order valence-corrected chi connectivity index (χ2v) is 5.21. The number of nitrogens with zero attached hydrogens (tertiary/aromatic N) is 1. The molecule has 0 aliphatic rings. The molecule has 6 heteroatoms. The molecule has 0 spiro atoms. The van der Waals surface area contributed by atoms with Crippen LogP contribution in [0, 0.1) is 13.8 Å². The molecule has 0 unspecified atom stereocenters. The maximum absolute atomic E-state index is 12.6. The molecule has 122 valence electrons. The molecule has 0 saturated heterocycles. The van der Waals surface area contributed by atoms with Gasteiger partial charge >= 0.3 is 5.97 Å². The first kappa shape index (κ1) is 17.9. The maximum Gasteiger partial charge on any atom is 0.354 e. The molecule has 1 amide bonds. The number of carbonyl (C=O) groups is 3. The SMILES string of the molecule is CCCN(CC(=O)c1c(C)[nH]c(C(=O)OC)c1C)C(=O)CC. The number of aromatic amines is 1. The van der Waals surface area contributed by atoms with Crippen LogP contribution in [0.2, 0.25) is 0 Å². The van der Waals surface area contributed by atoms with Crippen molar-refractivity contribution in [3.05, 3.63) is 22.5 Å². The first-order chi connectivity index (χ1) is 10.4. The van der Waals surface area contributed by atoms with Crippen molar-refractivity contribution >= 4 is 17.7 Å². The summed E-state index contributed by atoms with van der Waals surface area (Å²) in [7, 11) is 1.29. The van der Waals surface area contributed by atoms with Crippen LogP contribution in [0.3, 0.4) is 0 Å². The van der Waals surface area contributed by atoms with Crippen LogP contribution in [-0.2, 0) is 9.53 Å². The number of aromatic nitrogens is 1. The molecule has 0 radical (unpaired) electrons. The van der Waals surface area contributed by atoms with Crippen LogP contribution in [0.5, 0.6) is 0 Å². The minimum Gasteiger partial charge on any atom is -0.464 e. The zero-order valence-corrected chi connectivity index (χ0v) is 13.9. The minimum atomic E-state index is -0.505. The quantitative estimate of drug-likeness (QED) is 0.619. The summed E-state index contributed by atoms with van der Waals surface area (Å²) in [5, 5.41) is 0. The molecule has 1 aromatic heterocycles. The van der Waals surface area contributed by atoms with Crippen molar-refractivity contribution in [2.75, 3.05) is 20.2 Å². The van der Waals surface area contributed by atoms with E-state index in [0.717, 1.165) is 6.42 Å². The van der Waals surface area contributed by atoms with Crippen molar-refractivity contribution in [3.8, 4) is 0 Å². The van der Waals surface area contributed by atoms with Crippen molar-refractivity contribution in [1.29, 1.82) is 0 Å². The van der Waals surface area contributed by atoms with E-state index in [4.69, 9.17) is 4.74 Å². The number of nitrogens with one attached hydrogen (secondary N) is 1. The number of ether oxygens (including phenoxy) is 1. The molecular formula is C16H24N2O4. The topological polar surface area (TPSA) is 79.5 Å². The normalized spacial score (nSPS) is 10.4. The van der Waals surface area contributed by atoms with Gasteiger partial charge in [-0.1, -0.05) is 13.8 Å². The van der Waals surface area contributed by atoms with Crippen LogP contribution < -0.4 is 0 Å². The van der Waals surface area contributed by atoms with Gasteiger partial charge in [0.1, 0.15) is 5.69 Å². The Morgan fingerprint density at radius 3 is 2.32 bits per heavy atom. The number of hydrogen-bond donors (Lipinski definition) is 1. The summed E-state index contributed by atoms with van der Waals surface area (Å²) in [5.41, 5.74) is 1.93. The molecule has 1 heterocycles. The lowest BCUT2D eigenvalue weighted by molar-refractivity contribution is -0.130. The summed E-state index contributed by atoms with van der Waals surface area (Å²) >= 11 is 0. The third-order valence-corrected chi connectivity index (χ3v) is 3.59. The molecular weight excluding hydrogens is 284 g/mol. The lowest BCUT2D eigenvalue weighted by Gasteiger charge is -2.20. The van der Waals surface area contributed by atoms with E-state index in [0.29, 0.717) is 29.8 Å². The Kier molecular flexibility index (Phi) is 6.34. The number of rotatable bonds is 7. The van der Waals surface area contributed by atoms with Crippen LogP contribution in [0.4, 0.5) is 0 Å². The van der Waals surface area contributed by atoms with Gasteiger partial charge in [-0.15, -0.1) is 0 Å². The fourth-order valence-corrected chi connectivity index (χ4v) is 2.51. The highest BCUT2D eigenvalue weighted by molar-refractivity contribution is 6.04. The predicted octanol–water partition coefficient (Wildman–Crippen LogP) is 2.25. The molecule has 0 fully saturated rings. The standard InChI is InChI=1S/C16H24N2O4/c1-6-8-18(13(20)7-2)9-12(19)14-10(3)15(16(21)22-5)17-11(14)4/h17H,6-9H2,1-5H3. The summed E-state index contributed by atoms with van der Waals surface area (Å²) in [5.74, 6) is -0.722. The molecule has 1 aromatic rings. The predicted molar refractivity (Wildman–Crippen MR) is 83.1 cm³/mol. The summed E-state index contributed by atoms with van der Waals surface area (Å²) < 4.78 is 4.69. The molecule has 0 bridgehead atoms. The van der Waals surface area contributed by atoms with E-state index in [1.54, 1.807) is 25.7 Å². The monoisotopic (exact) mass is 308 g/mol. The largest absolute Gasteiger partial charge is 0.464 e. The Balaban J connectivity index is 3.05. The van der Waals surface area contributed by atoms with Crippen LogP contribution in [0.1, 0.15) is 58.8 Å². The second kappa shape index (κ2) is 7.77. The first-order valence-corrected chi connectivity index (χ1v) is 7.45. The number of aryl methyl sites for hydroxylation is 1. The molecule has 1 N–H and O–H groups in total. The van der Waals surface area contributed by atoms with Gasteiger partial charge in [0.05, 0.1) is 13.7 Å². The van der Waals surface area contributed by atoms with Gasteiger partial charge in [0.25, 0.3) is 0 Å². The highest BCUT2D eigenvalue weighted by Crippen LogP contribution is 2.20. The van der Waals surface area contributed by atoms with Crippen LogP contribution in [0.25, 0.3) is 0 Å². The number of hydrogen-bond acceptors (Lipinski definition) is 4. The molecule has 0 aliphatic heterocycles. The second-order valence-electron chi connectivity index (χ2n) is 5.21. The number of carbonyl (C=O) groups excluding carboxylic acids is 3. The van der Waals surface area contributed by atoms with E-state index < -0.39 is 5.97 Å². The van der Waals surface area contributed by atoms with Gasteiger partial charge in [-0.25, -0.2) is 4.79 Å². The Morgan fingerprint density at radius 2 is 1.82 bits per heavy atom. The Bertz CT molecular complexity index is 575. The summed E-state index contributed by atoms with van der Waals surface area (Å²) in [6.45, 7) is 7.75. The van der Waals surface area contributed by atoms with Crippen LogP contribution in [0.15, 0.2) is 0 Å². The summed E-state index contributed by atoms with van der Waals surface area (Å²) in [6, 6.07) is 0. The van der Waals surface area contributed by atoms with E-state index in [2.05, 4.69) is 4.98 Å². The number of Topliss-reactive ketones (excluding diaryl/α,β-unsaturated/α-hetero) is 1. The maximum atomic E-state index is 12.6. The van der Waals surface area contributed by atoms with E-state index in [-0.39, 0.29) is 23.9 Å².